The predicted molar refractivity (Wildman–Crippen MR) is 109 cm³/mol. The molecule has 8 nitrogen and oxygen atoms in total. The molecule has 1 amide bonds. The number of aromatic nitrogens is 3. The molecule has 0 aliphatic heterocycles. The van der Waals surface area contributed by atoms with Crippen LogP contribution in [-0.4, -0.2) is 35.6 Å². The fraction of sp³-hybridized carbons (Fsp3) is 0.250. The first-order valence-electron chi connectivity index (χ1n) is 9.09. The Morgan fingerprint density at radius 3 is 2.69 bits per heavy atom. The van der Waals surface area contributed by atoms with Crippen LogP contribution in [0, 0.1) is 6.92 Å². The predicted octanol–water partition coefficient (Wildman–Crippen LogP) is 1.78. The van der Waals surface area contributed by atoms with Gasteiger partial charge in [0.1, 0.15) is 0 Å². The van der Waals surface area contributed by atoms with E-state index in [-0.39, 0.29) is 23.8 Å². The lowest BCUT2D eigenvalue weighted by molar-refractivity contribution is -0.121. The fourth-order valence-electron chi connectivity index (χ4n) is 2.77. The van der Waals surface area contributed by atoms with Crippen LogP contribution in [0.15, 0.2) is 60.0 Å². The van der Waals surface area contributed by atoms with Crippen LogP contribution in [0.2, 0.25) is 0 Å². The lowest BCUT2D eigenvalue weighted by Crippen LogP contribution is -2.30. The van der Waals surface area contributed by atoms with E-state index in [0.29, 0.717) is 6.54 Å². The summed E-state index contributed by atoms with van der Waals surface area (Å²) in [4.78, 5) is 16.5. The van der Waals surface area contributed by atoms with Gasteiger partial charge in [-0.25, -0.2) is 13.1 Å². The maximum atomic E-state index is 12.3. The lowest BCUT2D eigenvalue weighted by Gasteiger charge is -2.09. The highest BCUT2D eigenvalue weighted by molar-refractivity contribution is 7.89. The minimum absolute atomic E-state index is 0.0239. The standard InChI is InChI=1S/C20H23N5O3S/c1-15-4-3-5-19(8-15)29(27,28)24-7-6-20(26)22-11-16-9-17(12-21-10-16)18-13-23-25(2)14-18/h3-5,8-10,12-14,24H,6-7,11H2,1-2H3,(H,22,26). The molecule has 152 valence electrons. The van der Waals surface area contributed by atoms with Gasteiger partial charge in [0.05, 0.1) is 11.1 Å². The minimum Gasteiger partial charge on any atom is -0.352 e. The highest BCUT2D eigenvalue weighted by Gasteiger charge is 2.14. The van der Waals surface area contributed by atoms with E-state index in [1.165, 1.54) is 6.07 Å². The van der Waals surface area contributed by atoms with E-state index in [1.807, 2.05) is 32.3 Å². The maximum absolute atomic E-state index is 12.3. The Kier molecular flexibility index (Phi) is 6.40. The summed E-state index contributed by atoms with van der Waals surface area (Å²) in [6, 6.07) is 8.56. The molecule has 0 bridgehead atoms. The number of aryl methyl sites for hydroxylation is 2. The topological polar surface area (TPSA) is 106 Å². The van der Waals surface area contributed by atoms with Crippen molar-refractivity contribution in [1.82, 2.24) is 24.8 Å². The van der Waals surface area contributed by atoms with E-state index in [0.717, 1.165) is 22.3 Å². The van der Waals surface area contributed by atoms with Crippen molar-refractivity contribution >= 4 is 15.9 Å². The van der Waals surface area contributed by atoms with Crippen LogP contribution >= 0.6 is 0 Å². The first kappa shape index (κ1) is 20.7. The number of nitrogens with zero attached hydrogens (tertiary/aromatic N) is 3. The summed E-state index contributed by atoms with van der Waals surface area (Å²) in [5.74, 6) is -0.247. The van der Waals surface area contributed by atoms with Gasteiger partial charge in [0.25, 0.3) is 0 Å². The number of amides is 1. The maximum Gasteiger partial charge on any atom is 0.240 e. The Balaban J connectivity index is 1.49. The van der Waals surface area contributed by atoms with Crippen molar-refractivity contribution in [3.05, 3.63) is 66.2 Å². The molecule has 0 saturated carbocycles. The lowest BCUT2D eigenvalue weighted by atomic mass is 10.1. The Labute approximate surface area is 170 Å². The first-order valence-corrected chi connectivity index (χ1v) is 10.6. The molecule has 0 radical (unpaired) electrons. The number of carbonyl (C=O) groups excluding carboxylic acids is 1. The van der Waals surface area contributed by atoms with Gasteiger partial charge < -0.3 is 5.32 Å². The van der Waals surface area contributed by atoms with Gasteiger partial charge in [0.2, 0.25) is 15.9 Å². The van der Waals surface area contributed by atoms with Gasteiger partial charge in [-0.1, -0.05) is 12.1 Å². The average Bonchev–Trinajstić information content (AvgIpc) is 3.13. The van der Waals surface area contributed by atoms with Gasteiger partial charge in [-0.15, -0.1) is 0 Å². The summed E-state index contributed by atoms with van der Waals surface area (Å²) < 4.78 is 28.7. The molecule has 0 spiro atoms. The number of hydrogen-bond donors (Lipinski definition) is 2. The molecule has 9 heteroatoms. The number of benzene rings is 1. The van der Waals surface area contributed by atoms with Gasteiger partial charge in [0, 0.05) is 56.3 Å². The molecular formula is C20H23N5O3S. The number of hydrogen-bond acceptors (Lipinski definition) is 5. The van der Waals surface area contributed by atoms with Crippen molar-refractivity contribution in [2.45, 2.75) is 24.8 Å². The Bertz CT molecular complexity index is 1110. The number of sulfonamides is 1. The summed E-state index contributed by atoms with van der Waals surface area (Å²) in [6.07, 6.45) is 7.10. The first-order chi connectivity index (χ1) is 13.8. The second-order valence-electron chi connectivity index (χ2n) is 6.73. The highest BCUT2D eigenvalue weighted by Crippen LogP contribution is 2.18. The van der Waals surface area contributed by atoms with Gasteiger partial charge in [-0.05, 0) is 36.2 Å². The zero-order chi connectivity index (χ0) is 20.9. The summed E-state index contributed by atoms with van der Waals surface area (Å²) in [5, 5.41) is 6.92. The third-order valence-electron chi connectivity index (χ3n) is 4.27. The van der Waals surface area contributed by atoms with E-state index in [1.54, 1.807) is 35.4 Å². The molecule has 0 aliphatic carbocycles. The van der Waals surface area contributed by atoms with Crippen molar-refractivity contribution in [2.24, 2.45) is 7.05 Å². The van der Waals surface area contributed by atoms with Crippen LogP contribution in [0.5, 0.6) is 0 Å². The molecule has 2 N–H and O–H groups in total. The van der Waals surface area contributed by atoms with E-state index in [2.05, 4.69) is 20.1 Å². The van der Waals surface area contributed by atoms with Crippen LogP contribution in [0.25, 0.3) is 11.1 Å². The van der Waals surface area contributed by atoms with E-state index in [9.17, 15) is 13.2 Å². The zero-order valence-corrected chi connectivity index (χ0v) is 17.1. The Morgan fingerprint density at radius 1 is 1.14 bits per heavy atom. The molecule has 0 aliphatic rings. The van der Waals surface area contributed by atoms with E-state index in [4.69, 9.17) is 0 Å². The molecular weight excluding hydrogens is 390 g/mol. The second kappa shape index (κ2) is 8.97. The molecule has 2 aromatic heterocycles. The average molecular weight is 414 g/mol. The second-order valence-corrected chi connectivity index (χ2v) is 8.49. The van der Waals surface area contributed by atoms with Crippen LogP contribution < -0.4 is 10.0 Å². The molecule has 0 atom stereocenters. The van der Waals surface area contributed by atoms with Gasteiger partial charge >= 0.3 is 0 Å². The van der Waals surface area contributed by atoms with Crippen molar-refractivity contribution in [3.63, 3.8) is 0 Å². The molecule has 3 aromatic rings. The Morgan fingerprint density at radius 2 is 1.97 bits per heavy atom. The number of carbonyl (C=O) groups is 1. The zero-order valence-electron chi connectivity index (χ0n) is 16.3. The van der Waals surface area contributed by atoms with Crippen LogP contribution in [0.4, 0.5) is 0 Å². The smallest absolute Gasteiger partial charge is 0.240 e. The number of rotatable bonds is 8. The normalized spacial score (nSPS) is 11.4. The van der Waals surface area contributed by atoms with E-state index < -0.39 is 10.0 Å². The third-order valence-corrected chi connectivity index (χ3v) is 5.73. The van der Waals surface area contributed by atoms with Gasteiger partial charge in [-0.2, -0.15) is 5.10 Å². The minimum atomic E-state index is -3.63. The third kappa shape index (κ3) is 5.72. The van der Waals surface area contributed by atoms with E-state index >= 15 is 0 Å². The monoisotopic (exact) mass is 413 g/mol. The summed E-state index contributed by atoms with van der Waals surface area (Å²) in [6.45, 7) is 2.16. The molecule has 0 unspecified atom stereocenters. The molecule has 1 aromatic carbocycles. The SMILES string of the molecule is Cc1cccc(S(=O)(=O)NCCC(=O)NCc2cncc(-c3cnn(C)c3)c2)c1. The quantitative estimate of drug-likeness (QED) is 0.585. The Hall–Kier alpha value is -3.04. The molecule has 29 heavy (non-hydrogen) atoms. The molecule has 3 rings (SSSR count). The summed E-state index contributed by atoms with van der Waals surface area (Å²) >= 11 is 0. The highest BCUT2D eigenvalue weighted by atomic mass is 32.2. The van der Waals surface area contributed by atoms with Crippen LogP contribution in [-0.2, 0) is 28.4 Å². The van der Waals surface area contributed by atoms with Gasteiger partial charge in [-0.3, -0.25) is 14.5 Å². The molecule has 2 heterocycles. The molecule has 0 fully saturated rings. The summed E-state index contributed by atoms with van der Waals surface area (Å²) in [7, 11) is -1.79. The van der Waals surface area contributed by atoms with Crippen LogP contribution in [0.1, 0.15) is 17.5 Å². The molecule has 0 saturated heterocycles. The van der Waals surface area contributed by atoms with Crippen molar-refractivity contribution in [1.29, 1.82) is 0 Å². The van der Waals surface area contributed by atoms with Crippen molar-refractivity contribution in [3.8, 4) is 11.1 Å². The number of nitrogens with one attached hydrogen (secondary N) is 2. The number of pyridine rings is 1. The summed E-state index contributed by atoms with van der Waals surface area (Å²) in [5.41, 5.74) is 3.56. The largest absolute Gasteiger partial charge is 0.352 e. The van der Waals surface area contributed by atoms with Crippen LogP contribution in [0.3, 0.4) is 0 Å². The van der Waals surface area contributed by atoms with Crippen molar-refractivity contribution in [2.75, 3.05) is 6.54 Å². The van der Waals surface area contributed by atoms with Crippen molar-refractivity contribution < 1.29 is 13.2 Å². The van der Waals surface area contributed by atoms with Gasteiger partial charge in [0.15, 0.2) is 0 Å². The fourth-order valence-corrected chi connectivity index (χ4v) is 3.90.